The van der Waals surface area contributed by atoms with Gasteiger partial charge in [0, 0.05) is 12.0 Å². The largest absolute Gasteiger partial charge is 0.395 e. The number of rotatable bonds is 4. The zero-order chi connectivity index (χ0) is 15.2. The van der Waals surface area contributed by atoms with Crippen molar-refractivity contribution in [2.24, 2.45) is 5.41 Å². The van der Waals surface area contributed by atoms with Gasteiger partial charge in [-0.05, 0) is 17.5 Å². The Morgan fingerprint density at radius 3 is 2.50 bits per heavy atom. The fraction of sp³-hybridized carbons (Fsp3) is 0.467. The summed E-state index contributed by atoms with van der Waals surface area (Å²) in [5.41, 5.74) is 0.768. The standard InChI is InChI=1S/C15H21NO3S/c1-15(2,3)12-20(18,19)16-14-10-5-4-8-13(14)9-6-7-11-17/h4-5,8,10,16-17H,7,11-12H2,1-3H3. The van der Waals surface area contributed by atoms with E-state index in [-0.39, 0.29) is 17.8 Å². The van der Waals surface area contributed by atoms with Crippen molar-refractivity contribution in [1.29, 1.82) is 0 Å². The quantitative estimate of drug-likeness (QED) is 0.837. The lowest BCUT2D eigenvalue weighted by Crippen LogP contribution is -2.26. The highest BCUT2D eigenvalue weighted by Gasteiger charge is 2.22. The van der Waals surface area contributed by atoms with Gasteiger partial charge in [0.15, 0.2) is 0 Å². The van der Waals surface area contributed by atoms with Crippen LogP contribution in [0.4, 0.5) is 5.69 Å². The molecule has 2 N–H and O–H groups in total. The zero-order valence-corrected chi connectivity index (χ0v) is 12.9. The third-order valence-corrected chi connectivity index (χ3v) is 4.05. The molecular formula is C15H21NO3S. The predicted octanol–water partition coefficient (Wildman–Crippen LogP) is 2.21. The maximum atomic E-state index is 12.1. The summed E-state index contributed by atoms with van der Waals surface area (Å²) >= 11 is 0. The number of nitrogens with one attached hydrogen (secondary N) is 1. The third-order valence-electron chi connectivity index (χ3n) is 2.28. The molecule has 110 valence electrons. The molecule has 0 saturated heterocycles. The van der Waals surface area contributed by atoms with Crippen molar-refractivity contribution in [3.05, 3.63) is 29.8 Å². The van der Waals surface area contributed by atoms with Crippen LogP contribution in [0.25, 0.3) is 0 Å². The van der Waals surface area contributed by atoms with Gasteiger partial charge in [0.2, 0.25) is 10.0 Å². The van der Waals surface area contributed by atoms with Crippen molar-refractivity contribution in [2.45, 2.75) is 27.2 Å². The first-order valence-electron chi connectivity index (χ1n) is 6.43. The number of aliphatic hydroxyl groups excluding tert-OH is 1. The van der Waals surface area contributed by atoms with Gasteiger partial charge in [-0.15, -0.1) is 0 Å². The molecule has 0 saturated carbocycles. The van der Waals surface area contributed by atoms with Gasteiger partial charge in [-0.2, -0.15) is 0 Å². The van der Waals surface area contributed by atoms with Crippen LogP contribution in [0, 0.1) is 17.3 Å². The van der Waals surface area contributed by atoms with E-state index in [1.807, 2.05) is 20.8 Å². The second-order valence-electron chi connectivity index (χ2n) is 5.74. The number of benzene rings is 1. The number of para-hydroxylation sites is 1. The number of sulfonamides is 1. The minimum Gasteiger partial charge on any atom is -0.395 e. The molecule has 1 rings (SSSR count). The molecule has 0 amide bonds. The molecule has 20 heavy (non-hydrogen) atoms. The first kappa shape index (κ1) is 16.5. The monoisotopic (exact) mass is 295 g/mol. The molecule has 5 heteroatoms. The predicted molar refractivity (Wildman–Crippen MR) is 81.9 cm³/mol. The van der Waals surface area contributed by atoms with Crippen LogP contribution in [0.1, 0.15) is 32.8 Å². The highest BCUT2D eigenvalue weighted by molar-refractivity contribution is 7.92. The summed E-state index contributed by atoms with van der Waals surface area (Å²) in [4.78, 5) is 0. The Morgan fingerprint density at radius 2 is 1.90 bits per heavy atom. The third kappa shape index (κ3) is 6.09. The van der Waals surface area contributed by atoms with E-state index in [1.54, 1.807) is 24.3 Å². The maximum absolute atomic E-state index is 12.1. The molecule has 4 nitrogen and oxygen atoms in total. The Balaban J connectivity index is 2.96. The molecule has 0 heterocycles. The lowest BCUT2D eigenvalue weighted by Gasteiger charge is -2.19. The molecule has 1 aromatic carbocycles. The van der Waals surface area contributed by atoms with Gasteiger partial charge in [-0.3, -0.25) is 4.72 Å². The molecule has 0 aromatic heterocycles. The van der Waals surface area contributed by atoms with E-state index in [0.717, 1.165) is 0 Å². The van der Waals surface area contributed by atoms with E-state index < -0.39 is 10.0 Å². The molecule has 0 radical (unpaired) electrons. The lowest BCUT2D eigenvalue weighted by atomic mass is 10.0. The summed E-state index contributed by atoms with van der Waals surface area (Å²) < 4.78 is 26.8. The molecule has 0 aliphatic carbocycles. The molecule has 0 atom stereocenters. The van der Waals surface area contributed by atoms with Crippen LogP contribution in [0.15, 0.2) is 24.3 Å². The Bertz CT molecular complexity index is 604. The summed E-state index contributed by atoms with van der Waals surface area (Å²) in [5, 5.41) is 8.71. The van der Waals surface area contributed by atoms with Gasteiger partial charge in [-0.1, -0.05) is 44.7 Å². The van der Waals surface area contributed by atoms with E-state index in [4.69, 9.17) is 5.11 Å². The summed E-state index contributed by atoms with van der Waals surface area (Å²) in [6.45, 7) is 5.61. The molecule has 0 fully saturated rings. The van der Waals surface area contributed by atoms with Crippen LogP contribution in [0.3, 0.4) is 0 Å². The summed E-state index contributed by atoms with van der Waals surface area (Å²) in [5.74, 6) is 5.69. The van der Waals surface area contributed by atoms with Gasteiger partial charge in [0.05, 0.1) is 18.0 Å². The number of hydrogen-bond acceptors (Lipinski definition) is 3. The van der Waals surface area contributed by atoms with Crippen molar-refractivity contribution in [3.8, 4) is 11.8 Å². The van der Waals surface area contributed by atoms with Crippen molar-refractivity contribution in [3.63, 3.8) is 0 Å². The number of aliphatic hydroxyl groups is 1. The topological polar surface area (TPSA) is 66.4 Å². The first-order chi connectivity index (χ1) is 9.23. The van der Waals surface area contributed by atoms with Crippen molar-refractivity contribution < 1.29 is 13.5 Å². The fourth-order valence-corrected chi connectivity index (χ4v) is 3.39. The van der Waals surface area contributed by atoms with Gasteiger partial charge in [0.25, 0.3) is 0 Å². The van der Waals surface area contributed by atoms with E-state index in [2.05, 4.69) is 16.6 Å². The summed E-state index contributed by atoms with van der Waals surface area (Å²) in [6.07, 6.45) is 0.364. The molecule has 0 spiro atoms. The Hall–Kier alpha value is -1.51. The van der Waals surface area contributed by atoms with Crippen molar-refractivity contribution >= 4 is 15.7 Å². The van der Waals surface area contributed by atoms with E-state index in [1.165, 1.54) is 0 Å². The van der Waals surface area contributed by atoms with Gasteiger partial charge in [0.1, 0.15) is 0 Å². The summed E-state index contributed by atoms with van der Waals surface area (Å²) in [7, 11) is -3.41. The van der Waals surface area contributed by atoms with Gasteiger partial charge < -0.3 is 5.11 Å². The SMILES string of the molecule is CC(C)(C)CS(=O)(=O)Nc1ccccc1C#CCCO. The van der Waals surface area contributed by atoms with Crippen LogP contribution in [0.2, 0.25) is 0 Å². The molecular weight excluding hydrogens is 274 g/mol. The van der Waals surface area contributed by atoms with E-state index in [0.29, 0.717) is 17.7 Å². The van der Waals surface area contributed by atoms with E-state index in [9.17, 15) is 8.42 Å². The number of anilines is 1. The average molecular weight is 295 g/mol. The van der Waals surface area contributed by atoms with Crippen LogP contribution in [-0.4, -0.2) is 25.9 Å². The number of hydrogen-bond donors (Lipinski definition) is 2. The fourth-order valence-electron chi connectivity index (χ4n) is 1.67. The van der Waals surface area contributed by atoms with Gasteiger partial charge in [-0.25, -0.2) is 8.42 Å². The van der Waals surface area contributed by atoms with Crippen molar-refractivity contribution in [1.82, 2.24) is 0 Å². The average Bonchev–Trinajstić information content (AvgIpc) is 2.28. The molecule has 1 aromatic rings. The molecule has 0 aliphatic rings. The second-order valence-corrected chi connectivity index (χ2v) is 7.47. The Morgan fingerprint density at radius 1 is 1.25 bits per heavy atom. The van der Waals surface area contributed by atoms with Crippen molar-refractivity contribution in [2.75, 3.05) is 17.1 Å². The second kappa shape index (κ2) is 6.78. The zero-order valence-electron chi connectivity index (χ0n) is 12.1. The smallest absolute Gasteiger partial charge is 0.233 e. The maximum Gasteiger partial charge on any atom is 0.233 e. The minimum absolute atomic E-state index is 0.00901. The first-order valence-corrected chi connectivity index (χ1v) is 8.08. The van der Waals surface area contributed by atoms with Crippen LogP contribution >= 0.6 is 0 Å². The van der Waals surface area contributed by atoms with Crippen LogP contribution < -0.4 is 4.72 Å². The van der Waals surface area contributed by atoms with Crippen LogP contribution in [0.5, 0.6) is 0 Å². The van der Waals surface area contributed by atoms with Gasteiger partial charge >= 0.3 is 0 Å². The minimum atomic E-state index is -3.41. The van der Waals surface area contributed by atoms with E-state index >= 15 is 0 Å². The molecule has 0 aliphatic heterocycles. The molecule has 0 bridgehead atoms. The summed E-state index contributed by atoms with van der Waals surface area (Å²) in [6, 6.07) is 6.99. The van der Waals surface area contributed by atoms with Crippen LogP contribution in [-0.2, 0) is 10.0 Å². The highest BCUT2D eigenvalue weighted by atomic mass is 32.2. The molecule has 0 unspecified atom stereocenters. The normalized spacial score (nSPS) is 11.6. The Labute approximate surface area is 121 Å². The lowest BCUT2D eigenvalue weighted by molar-refractivity contribution is 0.305. The highest BCUT2D eigenvalue weighted by Crippen LogP contribution is 2.20. The Kier molecular flexibility index (Phi) is 5.61.